The van der Waals surface area contributed by atoms with Crippen LogP contribution < -0.4 is 5.73 Å². The van der Waals surface area contributed by atoms with E-state index in [2.05, 4.69) is 15.0 Å². The number of imidazole rings is 1. The Morgan fingerprint density at radius 1 is 1.32 bits per heavy atom. The second kappa shape index (κ2) is 5.61. The van der Waals surface area contributed by atoms with E-state index in [9.17, 15) is 9.90 Å². The number of hydrogen-bond acceptors (Lipinski definition) is 5. The fourth-order valence-corrected chi connectivity index (χ4v) is 2.49. The Hall–Kier alpha value is -2.67. The fourth-order valence-electron chi connectivity index (χ4n) is 2.27. The highest BCUT2D eigenvalue weighted by Gasteiger charge is 2.24. The molecule has 0 saturated heterocycles. The average molecular weight is 318 g/mol. The van der Waals surface area contributed by atoms with Crippen molar-refractivity contribution in [3.8, 4) is 0 Å². The third-order valence-electron chi connectivity index (χ3n) is 3.29. The standard InChI is InChI=1S/C14H12ClN5O2/c15-11-10-12(19-14(16)18-11)20(7-17-10)9(13(21)22)6-8-4-2-1-3-5-8/h1-5,7,9H,6H2,(H,21,22)(H2,16,18,19). The first-order valence-corrected chi connectivity index (χ1v) is 6.86. The molecule has 0 aliphatic carbocycles. The highest BCUT2D eigenvalue weighted by Crippen LogP contribution is 2.24. The van der Waals surface area contributed by atoms with Crippen molar-refractivity contribution in [1.29, 1.82) is 0 Å². The number of hydrogen-bond donors (Lipinski definition) is 2. The maximum absolute atomic E-state index is 11.7. The number of nitrogen functional groups attached to an aromatic ring is 1. The average Bonchev–Trinajstić information content (AvgIpc) is 2.89. The summed E-state index contributed by atoms with van der Waals surface area (Å²) in [5, 5.41) is 9.65. The van der Waals surface area contributed by atoms with E-state index in [0.717, 1.165) is 5.56 Å². The Bertz CT molecular complexity index is 834. The SMILES string of the molecule is Nc1nc(Cl)c2ncn(C(Cc3ccccc3)C(=O)O)c2n1. The van der Waals surface area contributed by atoms with Gasteiger partial charge in [-0.2, -0.15) is 9.97 Å². The van der Waals surface area contributed by atoms with Crippen LogP contribution in [0.4, 0.5) is 5.95 Å². The fraction of sp³-hybridized carbons (Fsp3) is 0.143. The number of carboxylic acid groups (broad SMARTS) is 1. The number of fused-ring (bicyclic) bond motifs is 1. The summed E-state index contributed by atoms with van der Waals surface area (Å²) in [6.45, 7) is 0. The van der Waals surface area contributed by atoms with Crippen molar-refractivity contribution in [3.63, 3.8) is 0 Å². The van der Waals surface area contributed by atoms with Gasteiger partial charge in [-0.15, -0.1) is 0 Å². The maximum Gasteiger partial charge on any atom is 0.327 e. The van der Waals surface area contributed by atoms with Crippen LogP contribution in [0.3, 0.4) is 0 Å². The number of anilines is 1. The van der Waals surface area contributed by atoms with Crippen LogP contribution in [-0.2, 0) is 11.2 Å². The van der Waals surface area contributed by atoms with Crippen LogP contribution in [0, 0.1) is 0 Å². The number of aromatic nitrogens is 4. The van der Waals surface area contributed by atoms with Gasteiger partial charge in [0.05, 0.1) is 6.33 Å². The summed E-state index contributed by atoms with van der Waals surface area (Å²) in [6, 6.07) is 8.46. The topological polar surface area (TPSA) is 107 Å². The van der Waals surface area contributed by atoms with Gasteiger partial charge in [-0.3, -0.25) is 0 Å². The maximum atomic E-state index is 11.7. The highest BCUT2D eigenvalue weighted by atomic mass is 35.5. The van der Waals surface area contributed by atoms with Gasteiger partial charge < -0.3 is 15.4 Å². The molecule has 1 aromatic carbocycles. The largest absolute Gasteiger partial charge is 0.480 e. The molecule has 0 fully saturated rings. The molecule has 7 nitrogen and oxygen atoms in total. The van der Waals surface area contributed by atoms with Gasteiger partial charge in [-0.1, -0.05) is 41.9 Å². The molecular weight excluding hydrogens is 306 g/mol. The molecule has 0 spiro atoms. The van der Waals surface area contributed by atoms with Crippen molar-refractivity contribution in [1.82, 2.24) is 19.5 Å². The van der Waals surface area contributed by atoms with Gasteiger partial charge in [-0.05, 0) is 5.56 Å². The number of halogens is 1. The minimum Gasteiger partial charge on any atom is -0.480 e. The van der Waals surface area contributed by atoms with Crippen LogP contribution in [0.5, 0.6) is 0 Å². The molecule has 0 radical (unpaired) electrons. The Morgan fingerprint density at radius 3 is 2.73 bits per heavy atom. The van der Waals surface area contributed by atoms with Gasteiger partial charge in [0.1, 0.15) is 11.6 Å². The van der Waals surface area contributed by atoms with Crippen LogP contribution >= 0.6 is 11.6 Å². The van der Waals surface area contributed by atoms with Crippen LogP contribution in [0.25, 0.3) is 11.2 Å². The van der Waals surface area contributed by atoms with Gasteiger partial charge in [0.2, 0.25) is 5.95 Å². The number of carboxylic acids is 1. The van der Waals surface area contributed by atoms with Crippen molar-refractivity contribution >= 4 is 34.7 Å². The van der Waals surface area contributed by atoms with Crippen molar-refractivity contribution in [2.24, 2.45) is 0 Å². The second-order valence-electron chi connectivity index (χ2n) is 4.74. The predicted molar refractivity (Wildman–Crippen MR) is 81.6 cm³/mol. The normalized spacial score (nSPS) is 12.4. The third kappa shape index (κ3) is 2.58. The quantitative estimate of drug-likeness (QED) is 0.712. The zero-order valence-corrected chi connectivity index (χ0v) is 12.1. The van der Waals surface area contributed by atoms with Crippen LogP contribution in [0.1, 0.15) is 11.6 Å². The second-order valence-corrected chi connectivity index (χ2v) is 5.10. The molecule has 3 aromatic rings. The summed E-state index contributed by atoms with van der Waals surface area (Å²) in [7, 11) is 0. The first-order chi connectivity index (χ1) is 10.6. The molecule has 0 amide bonds. The summed E-state index contributed by atoms with van der Waals surface area (Å²) >= 11 is 5.97. The van der Waals surface area contributed by atoms with Gasteiger partial charge in [0, 0.05) is 6.42 Å². The van der Waals surface area contributed by atoms with E-state index < -0.39 is 12.0 Å². The van der Waals surface area contributed by atoms with Gasteiger partial charge in [0.15, 0.2) is 10.8 Å². The zero-order valence-electron chi connectivity index (χ0n) is 11.3. The van der Waals surface area contributed by atoms with Gasteiger partial charge >= 0.3 is 5.97 Å². The lowest BCUT2D eigenvalue weighted by Gasteiger charge is -2.14. The Morgan fingerprint density at radius 2 is 2.05 bits per heavy atom. The molecule has 2 heterocycles. The van der Waals surface area contributed by atoms with E-state index in [-0.39, 0.29) is 11.1 Å². The van der Waals surface area contributed by atoms with E-state index >= 15 is 0 Å². The lowest BCUT2D eigenvalue weighted by atomic mass is 10.1. The first kappa shape index (κ1) is 14.3. The van der Waals surface area contributed by atoms with E-state index in [0.29, 0.717) is 17.6 Å². The Labute approximate surface area is 130 Å². The Balaban J connectivity index is 2.08. The van der Waals surface area contributed by atoms with Gasteiger partial charge in [0.25, 0.3) is 0 Å². The van der Waals surface area contributed by atoms with Crippen molar-refractivity contribution in [3.05, 3.63) is 47.4 Å². The molecule has 1 unspecified atom stereocenters. The van der Waals surface area contributed by atoms with Crippen LogP contribution in [-0.4, -0.2) is 30.6 Å². The summed E-state index contributed by atoms with van der Waals surface area (Å²) in [5.41, 5.74) is 7.11. The molecular formula is C14H12ClN5O2. The summed E-state index contributed by atoms with van der Waals surface area (Å²) in [5.74, 6) is -1.01. The van der Waals surface area contributed by atoms with E-state index in [1.165, 1.54) is 10.9 Å². The monoisotopic (exact) mass is 317 g/mol. The van der Waals surface area contributed by atoms with Crippen LogP contribution in [0.15, 0.2) is 36.7 Å². The number of rotatable bonds is 4. The number of carbonyl (C=O) groups is 1. The van der Waals surface area contributed by atoms with Crippen molar-refractivity contribution < 1.29 is 9.90 Å². The smallest absolute Gasteiger partial charge is 0.327 e. The van der Waals surface area contributed by atoms with E-state index in [4.69, 9.17) is 17.3 Å². The molecule has 22 heavy (non-hydrogen) atoms. The molecule has 112 valence electrons. The third-order valence-corrected chi connectivity index (χ3v) is 3.55. The Kier molecular flexibility index (Phi) is 3.64. The molecule has 0 aliphatic heterocycles. The van der Waals surface area contributed by atoms with Crippen LogP contribution in [0.2, 0.25) is 5.15 Å². The van der Waals surface area contributed by atoms with Crippen molar-refractivity contribution in [2.75, 3.05) is 5.73 Å². The molecule has 2 aromatic heterocycles. The molecule has 0 saturated carbocycles. The first-order valence-electron chi connectivity index (χ1n) is 6.48. The number of nitrogens with two attached hydrogens (primary N) is 1. The lowest BCUT2D eigenvalue weighted by molar-refractivity contribution is -0.140. The molecule has 8 heteroatoms. The minimum atomic E-state index is -0.989. The lowest BCUT2D eigenvalue weighted by Crippen LogP contribution is -2.21. The highest BCUT2D eigenvalue weighted by molar-refractivity contribution is 6.33. The number of benzene rings is 1. The summed E-state index contributed by atoms with van der Waals surface area (Å²) < 4.78 is 1.45. The minimum absolute atomic E-state index is 0.0249. The van der Waals surface area contributed by atoms with E-state index in [1.807, 2.05) is 30.3 Å². The number of aliphatic carboxylic acids is 1. The van der Waals surface area contributed by atoms with Crippen molar-refractivity contribution in [2.45, 2.75) is 12.5 Å². The molecule has 0 aliphatic rings. The predicted octanol–water partition coefficient (Wildman–Crippen LogP) is 1.93. The molecule has 3 N–H and O–H groups in total. The summed E-state index contributed by atoms with van der Waals surface area (Å²) in [4.78, 5) is 23.6. The van der Waals surface area contributed by atoms with E-state index in [1.54, 1.807) is 0 Å². The molecule has 1 atom stereocenters. The summed E-state index contributed by atoms with van der Waals surface area (Å²) in [6.07, 6.45) is 1.69. The number of nitrogens with zero attached hydrogens (tertiary/aromatic N) is 4. The zero-order chi connectivity index (χ0) is 15.7. The van der Waals surface area contributed by atoms with Gasteiger partial charge in [-0.25, -0.2) is 9.78 Å². The molecule has 0 bridgehead atoms. The molecule has 3 rings (SSSR count).